The van der Waals surface area contributed by atoms with Gasteiger partial charge in [-0.05, 0) is 48.7 Å². The molecule has 2 atom stereocenters. The standard InChI is InChI=1S/C20H20Cl2N4O/c1-14(25-20(27)11-26-13-23-12-24-26)19(16-4-8-18(22)9-5-16)10-15-2-6-17(21)7-3-15/h2-9,12-14,19H,10-11H2,1H3,(H,25,27). The smallest absolute Gasteiger partial charge is 0.242 e. The van der Waals surface area contributed by atoms with Crippen LogP contribution in [-0.2, 0) is 17.8 Å². The van der Waals surface area contributed by atoms with E-state index >= 15 is 0 Å². The SMILES string of the molecule is CC(NC(=O)Cn1cncn1)C(Cc1ccc(Cl)cc1)c1ccc(Cl)cc1. The van der Waals surface area contributed by atoms with Gasteiger partial charge in [-0.25, -0.2) is 9.67 Å². The molecule has 0 spiro atoms. The van der Waals surface area contributed by atoms with Gasteiger partial charge in [0.1, 0.15) is 19.2 Å². The number of nitrogens with one attached hydrogen (secondary N) is 1. The predicted molar refractivity (Wildman–Crippen MR) is 107 cm³/mol. The number of rotatable bonds is 7. The Kier molecular flexibility index (Phi) is 6.48. The first-order valence-corrected chi connectivity index (χ1v) is 9.38. The first kappa shape index (κ1) is 19.4. The number of halogens is 2. The Balaban J connectivity index is 1.76. The second-order valence-corrected chi connectivity index (χ2v) is 7.31. The molecule has 0 bridgehead atoms. The van der Waals surface area contributed by atoms with Crippen molar-refractivity contribution in [3.63, 3.8) is 0 Å². The number of carbonyl (C=O) groups is 1. The van der Waals surface area contributed by atoms with Crippen molar-refractivity contribution in [2.24, 2.45) is 0 Å². The lowest BCUT2D eigenvalue weighted by atomic mass is 9.86. The van der Waals surface area contributed by atoms with Crippen LogP contribution >= 0.6 is 23.2 Å². The molecule has 7 heteroatoms. The first-order valence-electron chi connectivity index (χ1n) is 8.63. The molecule has 0 aliphatic rings. The normalized spacial score (nSPS) is 13.1. The third-order valence-corrected chi connectivity index (χ3v) is 4.94. The number of nitrogens with zero attached hydrogens (tertiary/aromatic N) is 3. The van der Waals surface area contributed by atoms with Crippen LogP contribution in [0.3, 0.4) is 0 Å². The molecule has 0 fully saturated rings. The minimum atomic E-state index is -0.108. The molecule has 0 aliphatic heterocycles. The zero-order valence-electron chi connectivity index (χ0n) is 14.8. The molecule has 3 rings (SSSR count). The monoisotopic (exact) mass is 402 g/mol. The van der Waals surface area contributed by atoms with Crippen LogP contribution in [0.1, 0.15) is 24.0 Å². The van der Waals surface area contributed by atoms with E-state index in [1.165, 1.54) is 17.3 Å². The van der Waals surface area contributed by atoms with E-state index in [0.717, 1.165) is 17.5 Å². The molecule has 140 valence electrons. The van der Waals surface area contributed by atoms with Crippen molar-refractivity contribution < 1.29 is 4.79 Å². The number of carbonyl (C=O) groups excluding carboxylic acids is 1. The Bertz CT molecular complexity index is 864. The minimum Gasteiger partial charge on any atom is -0.351 e. The lowest BCUT2D eigenvalue weighted by Gasteiger charge is -2.26. The van der Waals surface area contributed by atoms with Crippen LogP contribution in [0.25, 0.3) is 0 Å². The Morgan fingerprint density at radius 3 is 2.30 bits per heavy atom. The van der Waals surface area contributed by atoms with Gasteiger partial charge < -0.3 is 5.32 Å². The summed E-state index contributed by atoms with van der Waals surface area (Å²) in [5.74, 6) is -0.0220. The summed E-state index contributed by atoms with van der Waals surface area (Å²) in [7, 11) is 0. The molecular weight excluding hydrogens is 383 g/mol. The van der Waals surface area contributed by atoms with Gasteiger partial charge in [0.05, 0.1) is 0 Å². The van der Waals surface area contributed by atoms with Crippen molar-refractivity contribution in [2.75, 3.05) is 0 Å². The third kappa shape index (κ3) is 5.55. The fourth-order valence-corrected chi connectivity index (χ4v) is 3.28. The summed E-state index contributed by atoms with van der Waals surface area (Å²) >= 11 is 12.0. The molecule has 0 aliphatic carbocycles. The van der Waals surface area contributed by atoms with E-state index in [-0.39, 0.29) is 24.4 Å². The highest BCUT2D eigenvalue weighted by atomic mass is 35.5. The molecule has 27 heavy (non-hydrogen) atoms. The molecule has 1 heterocycles. The van der Waals surface area contributed by atoms with Crippen LogP contribution in [0, 0.1) is 0 Å². The zero-order chi connectivity index (χ0) is 19.2. The fourth-order valence-electron chi connectivity index (χ4n) is 3.03. The summed E-state index contributed by atoms with van der Waals surface area (Å²) in [5, 5.41) is 8.44. The van der Waals surface area contributed by atoms with Crippen molar-refractivity contribution >= 4 is 29.1 Å². The Labute approximate surface area is 168 Å². The highest BCUT2D eigenvalue weighted by molar-refractivity contribution is 6.30. The van der Waals surface area contributed by atoms with Gasteiger partial charge in [-0.3, -0.25) is 4.79 Å². The van der Waals surface area contributed by atoms with Gasteiger partial charge in [-0.15, -0.1) is 0 Å². The van der Waals surface area contributed by atoms with E-state index in [0.29, 0.717) is 10.0 Å². The molecule has 1 amide bonds. The number of hydrogen-bond donors (Lipinski definition) is 1. The van der Waals surface area contributed by atoms with Crippen LogP contribution in [0.15, 0.2) is 61.2 Å². The second-order valence-electron chi connectivity index (χ2n) is 6.44. The molecule has 0 saturated carbocycles. The van der Waals surface area contributed by atoms with Gasteiger partial charge in [-0.1, -0.05) is 47.5 Å². The highest BCUT2D eigenvalue weighted by Gasteiger charge is 2.22. The largest absolute Gasteiger partial charge is 0.351 e. The highest BCUT2D eigenvalue weighted by Crippen LogP contribution is 2.26. The Morgan fingerprint density at radius 1 is 1.07 bits per heavy atom. The lowest BCUT2D eigenvalue weighted by molar-refractivity contribution is -0.122. The Hall–Kier alpha value is -2.37. The maximum absolute atomic E-state index is 12.4. The van der Waals surface area contributed by atoms with E-state index in [4.69, 9.17) is 23.2 Å². The fraction of sp³-hybridized carbons (Fsp3) is 0.250. The minimum absolute atomic E-state index is 0.0853. The summed E-state index contributed by atoms with van der Waals surface area (Å²) in [6.45, 7) is 2.15. The van der Waals surface area contributed by atoms with E-state index < -0.39 is 0 Å². The molecule has 1 N–H and O–H groups in total. The second kappa shape index (κ2) is 9.02. The summed E-state index contributed by atoms with van der Waals surface area (Å²) in [6, 6.07) is 15.4. The van der Waals surface area contributed by atoms with Crippen molar-refractivity contribution in [1.82, 2.24) is 20.1 Å². The van der Waals surface area contributed by atoms with E-state index in [9.17, 15) is 4.79 Å². The number of aromatic nitrogens is 3. The van der Waals surface area contributed by atoms with Gasteiger partial charge in [0.2, 0.25) is 5.91 Å². The van der Waals surface area contributed by atoms with Crippen LogP contribution < -0.4 is 5.32 Å². The molecule has 5 nitrogen and oxygen atoms in total. The van der Waals surface area contributed by atoms with Gasteiger partial charge in [0.15, 0.2) is 0 Å². The van der Waals surface area contributed by atoms with Gasteiger partial charge in [0, 0.05) is 22.0 Å². The predicted octanol–water partition coefficient (Wildman–Crippen LogP) is 4.12. The zero-order valence-corrected chi connectivity index (χ0v) is 16.4. The van der Waals surface area contributed by atoms with Gasteiger partial charge in [0.25, 0.3) is 0 Å². The van der Waals surface area contributed by atoms with Crippen LogP contribution in [-0.4, -0.2) is 26.7 Å². The molecule has 0 saturated heterocycles. The van der Waals surface area contributed by atoms with Crippen LogP contribution in [0.5, 0.6) is 0 Å². The van der Waals surface area contributed by atoms with Crippen molar-refractivity contribution in [3.8, 4) is 0 Å². The third-order valence-electron chi connectivity index (χ3n) is 4.43. The van der Waals surface area contributed by atoms with E-state index in [2.05, 4.69) is 15.4 Å². The summed E-state index contributed by atoms with van der Waals surface area (Å²) in [6.07, 6.45) is 3.70. The summed E-state index contributed by atoms with van der Waals surface area (Å²) in [4.78, 5) is 16.2. The van der Waals surface area contributed by atoms with Crippen LogP contribution in [0.2, 0.25) is 10.0 Å². The number of benzene rings is 2. The molecule has 2 unspecified atom stereocenters. The van der Waals surface area contributed by atoms with E-state index in [1.54, 1.807) is 0 Å². The lowest BCUT2D eigenvalue weighted by Crippen LogP contribution is -2.39. The van der Waals surface area contributed by atoms with Crippen LogP contribution in [0.4, 0.5) is 0 Å². The average molecular weight is 403 g/mol. The van der Waals surface area contributed by atoms with Crippen molar-refractivity contribution in [2.45, 2.75) is 31.8 Å². The average Bonchev–Trinajstić information content (AvgIpc) is 3.15. The summed E-state index contributed by atoms with van der Waals surface area (Å²) < 4.78 is 1.50. The quantitative estimate of drug-likeness (QED) is 0.646. The van der Waals surface area contributed by atoms with Gasteiger partial charge in [-0.2, -0.15) is 5.10 Å². The maximum atomic E-state index is 12.4. The number of amides is 1. The van der Waals surface area contributed by atoms with Crippen molar-refractivity contribution in [1.29, 1.82) is 0 Å². The Morgan fingerprint density at radius 2 is 1.70 bits per heavy atom. The topological polar surface area (TPSA) is 59.8 Å². The molecule has 2 aromatic carbocycles. The molecule has 0 radical (unpaired) electrons. The number of hydrogen-bond acceptors (Lipinski definition) is 3. The van der Waals surface area contributed by atoms with Crippen molar-refractivity contribution in [3.05, 3.63) is 82.4 Å². The first-order chi connectivity index (χ1) is 13.0. The molecule has 3 aromatic rings. The molecular formula is C20H20Cl2N4O. The summed E-state index contributed by atoms with van der Waals surface area (Å²) in [5.41, 5.74) is 2.26. The van der Waals surface area contributed by atoms with Gasteiger partial charge >= 0.3 is 0 Å². The van der Waals surface area contributed by atoms with E-state index in [1.807, 2.05) is 55.5 Å². The maximum Gasteiger partial charge on any atom is 0.242 e. The molecule has 1 aromatic heterocycles.